The van der Waals surface area contributed by atoms with Gasteiger partial charge in [-0.2, -0.15) is 0 Å². The summed E-state index contributed by atoms with van der Waals surface area (Å²) in [6, 6.07) is 7.42. The van der Waals surface area contributed by atoms with Gasteiger partial charge in [0.05, 0.1) is 8.95 Å². The fourth-order valence-corrected chi connectivity index (χ4v) is 4.07. The van der Waals surface area contributed by atoms with Gasteiger partial charge in [-0.3, -0.25) is 14.6 Å². The van der Waals surface area contributed by atoms with E-state index < -0.39 is 13.3 Å². The maximum Gasteiger partial charge on any atom is 0.524 e. The Bertz CT molecular complexity index is 1110. The number of hydrogen-bond donors (Lipinski definition) is 3. The van der Waals surface area contributed by atoms with E-state index in [1.54, 1.807) is 12.1 Å². The third-order valence-corrected chi connectivity index (χ3v) is 5.25. The summed E-state index contributed by atoms with van der Waals surface area (Å²) in [5, 5.41) is 9.78. The van der Waals surface area contributed by atoms with E-state index in [2.05, 4.69) is 36.4 Å². The normalized spacial score (nSPS) is 11.7. The summed E-state index contributed by atoms with van der Waals surface area (Å²) in [4.78, 5) is 30.9. The van der Waals surface area contributed by atoms with E-state index >= 15 is 0 Å². The number of hydrogen-bond acceptors (Lipinski definition) is 5. The Hall–Kier alpha value is -1.64. The van der Waals surface area contributed by atoms with Gasteiger partial charge in [-0.1, -0.05) is 6.07 Å². The van der Waals surface area contributed by atoms with Crippen LogP contribution in [0.15, 0.2) is 48.5 Å². The Kier molecular flexibility index (Phi) is 5.02. The van der Waals surface area contributed by atoms with E-state index in [4.69, 9.17) is 14.2 Å². The Balaban J connectivity index is 2.30. The molecular formula is C16H11Br2O7P. The van der Waals surface area contributed by atoms with Crippen LogP contribution in [0.2, 0.25) is 0 Å². The van der Waals surface area contributed by atoms with Gasteiger partial charge in [-0.25, -0.2) is 4.57 Å². The molecule has 0 saturated heterocycles. The molecule has 0 spiro atoms. The topological polar surface area (TPSA) is 117 Å². The van der Waals surface area contributed by atoms with Crippen molar-refractivity contribution < 1.29 is 28.4 Å². The summed E-state index contributed by atoms with van der Waals surface area (Å²) in [5.74, 6) is 0.0106. The minimum Gasteiger partial charge on any atom is -0.506 e. The zero-order valence-electron chi connectivity index (χ0n) is 13.1. The monoisotopic (exact) mass is 504 g/mol. The largest absolute Gasteiger partial charge is 0.524 e. The van der Waals surface area contributed by atoms with Crippen molar-refractivity contribution in [2.75, 3.05) is 0 Å². The third kappa shape index (κ3) is 3.58. The standard InChI is InChI=1S/C16H11Br2O7P/c1-7-14(19)13-11(3-2-4-12(13)25-26(21,22)23)24-16(7)8-5-9(17)15(20)10(18)6-8/h2-6,20H,1H3,(H2,21,22,23). The molecule has 0 radical (unpaired) electrons. The van der Waals surface area contributed by atoms with Gasteiger partial charge in [-0.05, 0) is 63.0 Å². The average Bonchev–Trinajstić information content (AvgIpc) is 2.54. The number of aromatic hydroxyl groups is 1. The molecule has 0 atom stereocenters. The van der Waals surface area contributed by atoms with Crippen molar-refractivity contribution >= 4 is 50.7 Å². The molecule has 0 amide bonds. The predicted molar refractivity (Wildman–Crippen MR) is 102 cm³/mol. The van der Waals surface area contributed by atoms with Gasteiger partial charge in [0.15, 0.2) is 5.43 Å². The highest BCUT2D eigenvalue weighted by Crippen LogP contribution is 2.41. The molecule has 1 heterocycles. The Morgan fingerprint density at radius 2 is 1.77 bits per heavy atom. The molecule has 0 fully saturated rings. The van der Waals surface area contributed by atoms with E-state index in [0.717, 1.165) is 0 Å². The number of fused-ring (bicyclic) bond motifs is 1. The zero-order valence-corrected chi connectivity index (χ0v) is 17.1. The van der Waals surface area contributed by atoms with Crippen LogP contribution in [0, 0.1) is 6.92 Å². The van der Waals surface area contributed by atoms with Crippen LogP contribution in [-0.2, 0) is 4.57 Å². The first-order chi connectivity index (χ1) is 12.1. The van der Waals surface area contributed by atoms with Crippen LogP contribution in [0.5, 0.6) is 11.5 Å². The summed E-state index contributed by atoms with van der Waals surface area (Å²) >= 11 is 6.45. The lowest BCUT2D eigenvalue weighted by molar-refractivity contribution is 0.284. The lowest BCUT2D eigenvalue weighted by Crippen LogP contribution is -2.09. The molecule has 3 rings (SSSR count). The van der Waals surface area contributed by atoms with Crippen LogP contribution >= 0.6 is 39.7 Å². The first-order valence-electron chi connectivity index (χ1n) is 7.08. The van der Waals surface area contributed by atoms with E-state index in [-0.39, 0.29) is 33.8 Å². The fourth-order valence-electron chi connectivity index (χ4n) is 2.47. The van der Waals surface area contributed by atoms with E-state index in [0.29, 0.717) is 14.5 Å². The second-order valence-electron chi connectivity index (χ2n) is 5.38. The maximum atomic E-state index is 12.8. The summed E-state index contributed by atoms with van der Waals surface area (Å²) < 4.78 is 22.4. The molecule has 7 nitrogen and oxygen atoms in total. The fraction of sp³-hybridized carbons (Fsp3) is 0.0625. The van der Waals surface area contributed by atoms with Gasteiger partial charge in [0.2, 0.25) is 0 Å². The minimum atomic E-state index is -4.84. The van der Waals surface area contributed by atoms with Crippen molar-refractivity contribution in [3.63, 3.8) is 0 Å². The van der Waals surface area contributed by atoms with E-state index in [1.165, 1.54) is 25.1 Å². The van der Waals surface area contributed by atoms with Crippen LogP contribution in [-0.4, -0.2) is 14.9 Å². The van der Waals surface area contributed by atoms with Crippen LogP contribution < -0.4 is 9.95 Å². The summed E-state index contributed by atoms with van der Waals surface area (Å²) in [6.07, 6.45) is 0. The number of rotatable bonds is 3. The number of phosphoric acid groups is 1. The molecule has 0 saturated carbocycles. The number of phosphoric ester groups is 1. The van der Waals surface area contributed by atoms with E-state index in [9.17, 15) is 14.5 Å². The molecule has 2 aromatic carbocycles. The van der Waals surface area contributed by atoms with Crippen molar-refractivity contribution in [1.29, 1.82) is 0 Å². The summed E-state index contributed by atoms with van der Waals surface area (Å²) in [5.41, 5.74) is 0.385. The first kappa shape index (κ1) is 19.1. The van der Waals surface area contributed by atoms with E-state index in [1.807, 2.05) is 0 Å². The molecule has 1 aromatic heterocycles. The second kappa shape index (κ2) is 6.83. The third-order valence-electron chi connectivity index (χ3n) is 3.60. The highest BCUT2D eigenvalue weighted by atomic mass is 79.9. The van der Waals surface area contributed by atoms with Gasteiger partial charge in [0.25, 0.3) is 0 Å². The average molecular weight is 506 g/mol. The molecule has 3 aromatic rings. The molecule has 26 heavy (non-hydrogen) atoms. The van der Waals surface area contributed by atoms with Crippen molar-refractivity contribution in [2.24, 2.45) is 0 Å². The smallest absolute Gasteiger partial charge is 0.506 e. The van der Waals surface area contributed by atoms with Gasteiger partial charge in [0, 0.05) is 11.1 Å². The molecule has 0 aliphatic carbocycles. The van der Waals surface area contributed by atoms with Crippen molar-refractivity contribution in [3.05, 3.63) is 55.1 Å². The molecular weight excluding hydrogens is 495 g/mol. The van der Waals surface area contributed by atoms with Crippen LogP contribution in [0.4, 0.5) is 0 Å². The molecule has 10 heteroatoms. The second-order valence-corrected chi connectivity index (χ2v) is 8.26. The van der Waals surface area contributed by atoms with Crippen LogP contribution in [0.3, 0.4) is 0 Å². The lowest BCUT2D eigenvalue weighted by atomic mass is 10.1. The van der Waals surface area contributed by atoms with Gasteiger partial charge in [0.1, 0.15) is 28.2 Å². The number of halogens is 2. The van der Waals surface area contributed by atoms with Crippen LogP contribution in [0.1, 0.15) is 5.56 Å². The highest BCUT2D eigenvalue weighted by molar-refractivity contribution is 9.11. The SMILES string of the molecule is Cc1c(-c2cc(Br)c(O)c(Br)c2)oc2cccc(OP(=O)(O)O)c2c1=O. The van der Waals surface area contributed by atoms with Crippen molar-refractivity contribution in [3.8, 4) is 22.8 Å². The highest BCUT2D eigenvalue weighted by Gasteiger charge is 2.22. The molecule has 3 N–H and O–H groups in total. The summed E-state index contributed by atoms with van der Waals surface area (Å²) in [6.45, 7) is 1.53. The van der Waals surface area contributed by atoms with Gasteiger partial charge in [-0.15, -0.1) is 0 Å². The van der Waals surface area contributed by atoms with Crippen molar-refractivity contribution in [1.82, 2.24) is 0 Å². The minimum absolute atomic E-state index is 0.00636. The molecule has 0 bridgehead atoms. The Morgan fingerprint density at radius 3 is 2.35 bits per heavy atom. The maximum absolute atomic E-state index is 12.8. The number of phenolic OH excluding ortho intramolecular Hbond substituents is 1. The zero-order chi connectivity index (χ0) is 19.2. The molecule has 0 aliphatic heterocycles. The predicted octanol–water partition coefficient (Wildman–Crippen LogP) is 4.47. The van der Waals surface area contributed by atoms with Gasteiger partial charge >= 0.3 is 7.82 Å². The van der Waals surface area contributed by atoms with Crippen LogP contribution in [0.25, 0.3) is 22.3 Å². The van der Waals surface area contributed by atoms with Gasteiger partial charge < -0.3 is 14.0 Å². The quantitative estimate of drug-likeness (QED) is 0.449. The van der Waals surface area contributed by atoms with Crippen molar-refractivity contribution in [2.45, 2.75) is 6.92 Å². The first-order valence-corrected chi connectivity index (χ1v) is 10.2. The Labute approximate surface area is 163 Å². The molecule has 136 valence electrons. The Morgan fingerprint density at radius 1 is 1.15 bits per heavy atom. The lowest BCUT2D eigenvalue weighted by Gasteiger charge is -2.12. The number of benzene rings is 2. The molecule has 0 unspecified atom stereocenters. The number of phenols is 1. The summed E-state index contributed by atoms with van der Waals surface area (Å²) in [7, 11) is -4.84. The molecule has 0 aliphatic rings.